The zero-order valence-electron chi connectivity index (χ0n) is 11.2. The lowest BCUT2D eigenvalue weighted by Crippen LogP contribution is -2.04. The number of halogens is 1. The van der Waals surface area contributed by atoms with Gasteiger partial charge in [-0.1, -0.05) is 0 Å². The fourth-order valence-corrected chi connectivity index (χ4v) is 2.13. The second-order valence-electron chi connectivity index (χ2n) is 4.62. The van der Waals surface area contributed by atoms with E-state index in [2.05, 4.69) is 41.5 Å². The largest absolute Gasteiger partial charge is 0.486 e. The molecule has 1 heterocycles. The summed E-state index contributed by atoms with van der Waals surface area (Å²) in [6.07, 6.45) is 1.90. The third-order valence-corrected chi connectivity index (χ3v) is 3.64. The number of hydrogen-bond acceptors (Lipinski definition) is 3. The summed E-state index contributed by atoms with van der Waals surface area (Å²) in [5.74, 6) is -0.403. The quantitative estimate of drug-likeness (QED) is 0.801. The van der Waals surface area contributed by atoms with Gasteiger partial charge in [0.1, 0.15) is 12.4 Å². The third-order valence-electron chi connectivity index (χ3n) is 2.75. The highest BCUT2D eigenvalue weighted by atomic mass is 127. The summed E-state index contributed by atoms with van der Waals surface area (Å²) in [6.45, 7) is 4.42. The van der Waals surface area contributed by atoms with Gasteiger partial charge in [-0.15, -0.1) is 0 Å². The van der Waals surface area contributed by atoms with Gasteiger partial charge in [0.05, 0.1) is 14.8 Å². The summed E-state index contributed by atoms with van der Waals surface area (Å²) in [7, 11) is 0. The van der Waals surface area contributed by atoms with Crippen LogP contribution < -0.4 is 4.74 Å². The topological polar surface area (TPSA) is 64.3 Å². The van der Waals surface area contributed by atoms with Gasteiger partial charge in [0.2, 0.25) is 0 Å². The minimum Gasteiger partial charge on any atom is -0.486 e. The molecule has 0 saturated carbocycles. The molecule has 0 aliphatic heterocycles. The number of aromatic carboxylic acids is 1. The molecule has 1 aromatic carbocycles. The summed E-state index contributed by atoms with van der Waals surface area (Å²) in [5.41, 5.74) is 1.03. The van der Waals surface area contributed by atoms with Gasteiger partial charge in [-0.25, -0.2) is 4.79 Å². The molecule has 0 atom stereocenters. The van der Waals surface area contributed by atoms with Crippen molar-refractivity contribution in [3.63, 3.8) is 0 Å². The van der Waals surface area contributed by atoms with Crippen molar-refractivity contribution in [1.82, 2.24) is 9.78 Å². The Morgan fingerprint density at radius 2 is 2.20 bits per heavy atom. The summed E-state index contributed by atoms with van der Waals surface area (Å²) in [5, 5.41) is 13.4. The number of carboxylic acid groups (broad SMARTS) is 1. The number of carbonyl (C=O) groups is 1. The highest BCUT2D eigenvalue weighted by molar-refractivity contribution is 14.1. The highest BCUT2D eigenvalue weighted by Gasteiger charge is 2.09. The standard InChI is InChI=1S/C14H15IN2O3/c1-9(2)17-6-5-11(16-17)8-20-13-7-10(14(18)19)3-4-12(13)15/h3-7,9H,8H2,1-2H3,(H,18,19). The molecule has 0 radical (unpaired) electrons. The maximum absolute atomic E-state index is 10.9. The molecule has 0 unspecified atom stereocenters. The first kappa shape index (κ1) is 14.8. The van der Waals surface area contributed by atoms with Crippen LogP contribution in [-0.2, 0) is 6.61 Å². The number of ether oxygens (including phenoxy) is 1. The molecule has 2 rings (SSSR count). The van der Waals surface area contributed by atoms with Crippen molar-refractivity contribution in [2.45, 2.75) is 26.5 Å². The number of aromatic nitrogens is 2. The van der Waals surface area contributed by atoms with E-state index in [9.17, 15) is 4.79 Å². The minimum absolute atomic E-state index is 0.216. The minimum atomic E-state index is -0.963. The molecule has 0 bridgehead atoms. The van der Waals surface area contributed by atoms with E-state index in [1.807, 2.05) is 16.9 Å². The van der Waals surface area contributed by atoms with Crippen LogP contribution in [0.3, 0.4) is 0 Å². The monoisotopic (exact) mass is 386 g/mol. The molecule has 0 amide bonds. The van der Waals surface area contributed by atoms with E-state index in [1.165, 1.54) is 6.07 Å². The SMILES string of the molecule is CC(C)n1ccc(COc2cc(C(=O)O)ccc2I)n1. The van der Waals surface area contributed by atoms with E-state index in [4.69, 9.17) is 9.84 Å². The van der Waals surface area contributed by atoms with Crippen LogP contribution in [0, 0.1) is 3.57 Å². The second-order valence-corrected chi connectivity index (χ2v) is 5.78. The Balaban J connectivity index is 2.09. The van der Waals surface area contributed by atoms with Crippen LogP contribution in [0.4, 0.5) is 0 Å². The Morgan fingerprint density at radius 1 is 1.45 bits per heavy atom. The molecule has 5 nitrogen and oxygen atoms in total. The zero-order chi connectivity index (χ0) is 14.7. The van der Waals surface area contributed by atoms with Crippen molar-refractivity contribution in [1.29, 1.82) is 0 Å². The molecule has 0 aliphatic rings. The Labute approximate surface area is 130 Å². The van der Waals surface area contributed by atoms with Gasteiger partial charge in [0, 0.05) is 12.2 Å². The van der Waals surface area contributed by atoms with E-state index in [0.717, 1.165) is 9.26 Å². The van der Waals surface area contributed by atoms with Crippen LogP contribution in [0.5, 0.6) is 5.75 Å². The first-order valence-corrected chi connectivity index (χ1v) is 7.25. The van der Waals surface area contributed by atoms with Crippen LogP contribution in [0.1, 0.15) is 35.9 Å². The molecule has 6 heteroatoms. The normalized spacial score (nSPS) is 10.8. The Bertz CT molecular complexity index is 623. The maximum atomic E-state index is 10.9. The molecule has 0 saturated heterocycles. The summed E-state index contributed by atoms with van der Waals surface area (Å²) >= 11 is 2.12. The van der Waals surface area contributed by atoms with Gasteiger partial charge in [-0.2, -0.15) is 5.10 Å². The average molecular weight is 386 g/mol. The fourth-order valence-electron chi connectivity index (χ4n) is 1.64. The summed E-state index contributed by atoms with van der Waals surface area (Å²) in [4.78, 5) is 10.9. The van der Waals surface area contributed by atoms with Crippen LogP contribution >= 0.6 is 22.6 Å². The molecule has 1 N–H and O–H groups in total. The average Bonchev–Trinajstić information content (AvgIpc) is 2.86. The molecule has 1 aromatic heterocycles. The van der Waals surface area contributed by atoms with E-state index in [-0.39, 0.29) is 5.56 Å². The van der Waals surface area contributed by atoms with E-state index >= 15 is 0 Å². The van der Waals surface area contributed by atoms with Crippen LogP contribution in [0.2, 0.25) is 0 Å². The van der Waals surface area contributed by atoms with Gasteiger partial charge in [-0.05, 0) is 60.7 Å². The molecular weight excluding hydrogens is 371 g/mol. The lowest BCUT2D eigenvalue weighted by molar-refractivity contribution is 0.0696. The predicted octanol–water partition coefficient (Wildman–Crippen LogP) is 3.35. The number of carboxylic acids is 1. The van der Waals surface area contributed by atoms with Gasteiger partial charge in [-0.3, -0.25) is 4.68 Å². The Hall–Kier alpha value is -1.57. The predicted molar refractivity (Wildman–Crippen MR) is 83.1 cm³/mol. The summed E-state index contributed by atoms with van der Waals surface area (Å²) in [6, 6.07) is 7.02. The van der Waals surface area contributed by atoms with Crippen molar-refractivity contribution in [2.24, 2.45) is 0 Å². The summed E-state index contributed by atoms with van der Waals surface area (Å²) < 4.78 is 8.39. The Kier molecular flexibility index (Phi) is 4.64. The second kappa shape index (κ2) is 6.25. The van der Waals surface area contributed by atoms with Crippen LogP contribution in [-0.4, -0.2) is 20.9 Å². The first-order chi connectivity index (χ1) is 9.47. The molecule has 0 spiro atoms. The Morgan fingerprint density at radius 3 is 2.80 bits per heavy atom. The third kappa shape index (κ3) is 3.50. The van der Waals surface area contributed by atoms with Gasteiger partial charge >= 0.3 is 5.97 Å². The maximum Gasteiger partial charge on any atom is 0.335 e. The number of rotatable bonds is 5. The van der Waals surface area contributed by atoms with E-state index in [1.54, 1.807) is 12.1 Å². The number of benzene rings is 1. The fraction of sp³-hybridized carbons (Fsp3) is 0.286. The van der Waals surface area contributed by atoms with Crippen molar-refractivity contribution >= 4 is 28.6 Å². The molecule has 0 aliphatic carbocycles. The molecule has 106 valence electrons. The van der Waals surface area contributed by atoms with Gasteiger partial charge in [0.15, 0.2) is 0 Å². The zero-order valence-corrected chi connectivity index (χ0v) is 13.4. The van der Waals surface area contributed by atoms with Gasteiger partial charge < -0.3 is 9.84 Å². The van der Waals surface area contributed by atoms with Crippen molar-refractivity contribution in [3.05, 3.63) is 45.3 Å². The van der Waals surface area contributed by atoms with Crippen LogP contribution in [0.15, 0.2) is 30.5 Å². The number of nitrogens with zero attached hydrogens (tertiary/aromatic N) is 2. The lowest BCUT2D eigenvalue weighted by atomic mass is 10.2. The molecule has 2 aromatic rings. The van der Waals surface area contributed by atoms with Crippen molar-refractivity contribution < 1.29 is 14.6 Å². The highest BCUT2D eigenvalue weighted by Crippen LogP contribution is 2.23. The van der Waals surface area contributed by atoms with E-state index in [0.29, 0.717) is 18.4 Å². The lowest BCUT2D eigenvalue weighted by Gasteiger charge is -2.08. The molecule has 0 fully saturated rings. The van der Waals surface area contributed by atoms with Crippen molar-refractivity contribution in [3.8, 4) is 5.75 Å². The van der Waals surface area contributed by atoms with E-state index < -0.39 is 5.97 Å². The molecule has 20 heavy (non-hydrogen) atoms. The van der Waals surface area contributed by atoms with Crippen molar-refractivity contribution in [2.75, 3.05) is 0 Å². The smallest absolute Gasteiger partial charge is 0.335 e. The molecular formula is C14H15IN2O3. The number of hydrogen-bond donors (Lipinski definition) is 1. The first-order valence-electron chi connectivity index (χ1n) is 6.17. The van der Waals surface area contributed by atoms with Crippen LogP contribution in [0.25, 0.3) is 0 Å². The van der Waals surface area contributed by atoms with Gasteiger partial charge in [0.25, 0.3) is 0 Å².